The Morgan fingerprint density at radius 2 is 1.66 bits per heavy atom. The number of anilines is 1. The summed E-state index contributed by atoms with van der Waals surface area (Å²) < 4.78 is 33.5. The van der Waals surface area contributed by atoms with Crippen LogP contribution in [0.25, 0.3) is 21.3 Å². The number of nitrogens with two attached hydrogens (primary N) is 1. The van der Waals surface area contributed by atoms with E-state index in [1.54, 1.807) is 35.9 Å². The van der Waals surface area contributed by atoms with Gasteiger partial charge in [0.05, 0.1) is 46.6 Å². The van der Waals surface area contributed by atoms with Crippen LogP contribution in [-0.2, 0) is 70.5 Å². The van der Waals surface area contributed by atoms with Crippen molar-refractivity contribution in [3.05, 3.63) is 141 Å². The maximum absolute atomic E-state index is 15.8. The van der Waals surface area contributed by atoms with Crippen molar-refractivity contribution in [1.29, 1.82) is 0 Å². The van der Waals surface area contributed by atoms with Gasteiger partial charge in [0.15, 0.2) is 0 Å². The Balaban J connectivity index is 0.761. The first-order chi connectivity index (χ1) is 41.7. The topological polar surface area (TPSA) is 333 Å². The molecular formula is C63H73FN9O13PS. The van der Waals surface area contributed by atoms with Gasteiger partial charge in [0.2, 0.25) is 35.4 Å². The molecule has 0 aliphatic carbocycles. The molecule has 1 saturated heterocycles. The van der Waals surface area contributed by atoms with Crippen LogP contribution in [0.5, 0.6) is 0 Å². The molecule has 0 unspecified atom stereocenters. The van der Waals surface area contributed by atoms with Gasteiger partial charge in [-0.15, -0.1) is 11.3 Å². The second kappa shape index (κ2) is 27.2. The van der Waals surface area contributed by atoms with Crippen molar-refractivity contribution in [3.8, 4) is 10.4 Å². The van der Waals surface area contributed by atoms with Crippen molar-refractivity contribution in [2.45, 2.75) is 154 Å². The van der Waals surface area contributed by atoms with Gasteiger partial charge in [-0.05, 0) is 116 Å². The molecule has 7 amide bonds. The Morgan fingerprint density at radius 1 is 0.920 bits per heavy atom. The number of hydrogen-bond acceptors (Lipinski definition) is 13. The summed E-state index contributed by atoms with van der Waals surface area (Å²) in [5.74, 6) is -4.20. The van der Waals surface area contributed by atoms with Crippen molar-refractivity contribution in [2.24, 2.45) is 11.1 Å². The Hall–Kier alpha value is -7.99. The molecule has 25 heteroatoms. The summed E-state index contributed by atoms with van der Waals surface area (Å²) in [4.78, 5) is 138. The number of hydrogen-bond donors (Lipinski definition) is 9. The van der Waals surface area contributed by atoms with Gasteiger partial charge in [-0.1, -0.05) is 75.4 Å². The van der Waals surface area contributed by atoms with Gasteiger partial charge in [0, 0.05) is 60.8 Å². The number of nitrogens with one attached hydrogen (secondary N) is 5. The number of fused-ring (bicyclic) bond motifs is 1. The number of aromatic nitrogens is 2. The second-order valence-corrected chi connectivity index (χ2v) is 26.3. The second-order valence-electron chi connectivity index (χ2n) is 24.0. The number of para-hydroxylation sites is 1. The Morgan fingerprint density at radius 3 is 2.35 bits per heavy atom. The molecule has 466 valence electrons. The summed E-state index contributed by atoms with van der Waals surface area (Å²) in [6.45, 7) is 9.01. The molecule has 3 aliphatic heterocycles. The summed E-state index contributed by atoms with van der Waals surface area (Å²) in [7, 11) is -5.07. The van der Waals surface area contributed by atoms with Gasteiger partial charge in [-0.25, -0.2) is 9.37 Å². The maximum Gasteiger partial charge on any atom is 0.396 e. The van der Waals surface area contributed by atoms with Gasteiger partial charge in [-0.2, -0.15) is 0 Å². The van der Waals surface area contributed by atoms with Crippen molar-refractivity contribution in [3.63, 3.8) is 0 Å². The number of unbranched alkanes of at least 4 members (excludes halogenated alkanes) is 1. The number of carbonyl (C=O) groups is 8. The standard InChI is InChI=1S/C63H73FN9O13PS/c1-34-55(88-33-67-34)39-16-14-37(15-17-39)30-66-58(78)50-29-44(74)31-72(50)61(81)56(63(3,4)5)71-53(76)12-7-6-9-36-13-18-42(45(64)25-36)32-86-35(2)46(23-24-52(65)75)69-59(79)51-28-40-11-8-10-38-19-22-48(60(80)73(51)54(38)40)70-57(77)49-27-43-26-41(20-21-47(43)68-49)62(82)87(83,84)85/h8,10-11,13-18,20-21,25-27,33,35,44,46,48,50-51,56,68,74H,6-7,9,12,19,22-24,28-32H2,1-5H3,(H2,65,75)(H,66,78)(H,69,79)(H,70,77)(H,71,76)(H2,83,84,85)/t35-,44-,46+,48+,50+,51+,56-/m1/s1. The molecule has 2 aromatic heterocycles. The highest BCUT2D eigenvalue weighted by Gasteiger charge is 2.46. The van der Waals surface area contributed by atoms with E-state index in [1.165, 1.54) is 40.1 Å². The molecule has 0 bridgehead atoms. The number of rotatable bonds is 24. The average Bonchev–Trinajstić information content (AvgIpc) is 1.66. The Kier molecular flexibility index (Phi) is 19.9. The first kappa shape index (κ1) is 64.5. The molecule has 3 aliphatic rings. The highest BCUT2D eigenvalue weighted by atomic mass is 32.1. The van der Waals surface area contributed by atoms with Crippen molar-refractivity contribution in [2.75, 3.05) is 11.4 Å². The third kappa shape index (κ3) is 15.1. The summed E-state index contributed by atoms with van der Waals surface area (Å²) in [5.41, 5.74) is 11.2. The Bertz CT molecular complexity index is 3710. The molecular weight excluding hydrogens is 1170 g/mol. The molecule has 9 rings (SSSR count). The molecule has 6 aromatic rings. The van der Waals surface area contributed by atoms with Gasteiger partial charge >= 0.3 is 7.60 Å². The molecule has 88 heavy (non-hydrogen) atoms. The minimum Gasteiger partial charge on any atom is -0.391 e. The minimum absolute atomic E-state index is 0.0136. The molecule has 1 fully saturated rings. The lowest BCUT2D eigenvalue weighted by molar-refractivity contribution is -0.144. The van der Waals surface area contributed by atoms with Crippen LogP contribution in [0.4, 0.5) is 10.1 Å². The van der Waals surface area contributed by atoms with Crippen LogP contribution < -0.4 is 31.9 Å². The fourth-order valence-corrected chi connectivity index (χ4v) is 12.9. The van der Waals surface area contributed by atoms with Crippen LogP contribution >= 0.6 is 18.9 Å². The fourth-order valence-electron chi connectivity index (χ4n) is 11.6. The van der Waals surface area contributed by atoms with E-state index in [0.717, 1.165) is 32.8 Å². The number of aliphatic hydroxyl groups excluding tert-OH is 1. The number of amides is 7. The Labute approximate surface area is 511 Å². The maximum atomic E-state index is 15.8. The smallest absolute Gasteiger partial charge is 0.391 e. The van der Waals surface area contributed by atoms with Crippen LogP contribution in [0, 0.1) is 18.2 Å². The van der Waals surface area contributed by atoms with Crippen LogP contribution in [0.15, 0.2) is 90.4 Å². The van der Waals surface area contributed by atoms with Crippen LogP contribution in [-0.4, -0.2) is 126 Å². The van der Waals surface area contributed by atoms with E-state index >= 15 is 4.39 Å². The van der Waals surface area contributed by atoms with Crippen molar-refractivity contribution < 1.29 is 66.9 Å². The molecule has 7 atom stereocenters. The van der Waals surface area contributed by atoms with Crippen LogP contribution in [0.1, 0.15) is 127 Å². The number of ether oxygens (including phenoxy) is 1. The predicted octanol–water partition coefficient (Wildman–Crippen LogP) is 5.94. The van der Waals surface area contributed by atoms with E-state index in [1.807, 2.05) is 70.2 Å². The number of aryl methyl sites for hydroxylation is 3. The van der Waals surface area contributed by atoms with E-state index < -0.39 is 102 Å². The highest BCUT2D eigenvalue weighted by Crippen LogP contribution is 2.41. The van der Waals surface area contributed by atoms with Gasteiger partial charge in [0.1, 0.15) is 35.7 Å². The number of halogens is 1. The number of benzene rings is 4. The summed E-state index contributed by atoms with van der Waals surface area (Å²) in [6.07, 6.45) is 0.407. The van der Waals surface area contributed by atoms with Crippen LogP contribution in [0.3, 0.4) is 0 Å². The fraction of sp³-hybridized carbons (Fsp3) is 0.413. The zero-order chi connectivity index (χ0) is 63.4. The zero-order valence-corrected chi connectivity index (χ0v) is 51.2. The molecule has 0 radical (unpaired) electrons. The molecule has 0 saturated carbocycles. The number of β-amino-alcohol motifs (C(OH)–C–C–N with tert-alkyl or cyclic N) is 1. The monoisotopic (exact) mass is 1250 g/mol. The SMILES string of the molecule is Cc1ncsc1-c1ccc(CNC(=O)[C@@H]2C[C@@H](O)CN2C(=O)[C@@H](NC(=O)CCCCc2ccc(CO[C@H](C)[C@H](CCC(N)=O)NC(=O)[C@@H]3Cc4cccc5c4N3C(=O)[C@@H](NC(=O)c3cc4cc(C(=O)P(=O)(O)O)ccc4[nH]3)CC5)c(F)c2)C(C)(C)C)cc1. The van der Waals surface area contributed by atoms with Crippen molar-refractivity contribution in [1.82, 2.24) is 36.1 Å². The van der Waals surface area contributed by atoms with Gasteiger partial charge < -0.3 is 56.5 Å². The number of nitrogens with zero attached hydrogens (tertiary/aromatic N) is 3. The van der Waals surface area contributed by atoms with E-state index in [4.69, 9.17) is 10.5 Å². The van der Waals surface area contributed by atoms with Gasteiger partial charge in [-0.3, -0.25) is 47.8 Å². The zero-order valence-electron chi connectivity index (χ0n) is 49.5. The number of primary amides is 1. The summed E-state index contributed by atoms with van der Waals surface area (Å²) in [6, 6.07) is 18.3. The third-order valence-electron chi connectivity index (χ3n) is 16.4. The van der Waals surface area contributed by atoms with Gasteiger partial charge in [0.25, 0.3) is 11.4 Å². The number of aliphatic hydroxyl groups is 1. The molecule has 4 aromatic carbocycles. The van der Waals surface area contributed by atoms with Crippen molar-refractivity contribution >= 4 is 82.4 Å². The predicted molar refractivity (Wildman–Crippen MR) is 326 cm³/mol. The molecule has 10 N–H and O–H groups in total. The number of carbonyl (C=O) groups excluding carboxylic acids is 8. The normalized spacial score (nSPS) is 18.5. The largest absolute Gasteiger partial charge is 0.396 e. The third-order valence-corrected chi connectivity index (χ3v) is 18.2. The van der Waals surface area contributed by atoms with E-state index in [0.29, 0.717) is 47.8 Å². The molecule has 0 spiro atoms. The summed E-state index contributed by atoms with van der Waals surface area (Å²) in [5, 5.41) is 22.6. The summed E-state index contributed by atoms with van der Waals surface area (Å²) >= 11 is 1.55. The average molecular weight is 1250 g/mol. The number of H-pyrrole nitrogens is 1. The molecule has 5 heterocycles. The highest BCUT2D eigenvalue weighted by molar-refractivity contribution is 7.70. The minimum atomic E-state index is -5.07. The lowest BCUT2D eigenvalue weighted by Crippen LogP contribution is -2.57. The van der Waals surface area contributed by atoms with E-state index in [-0.39, 0.29) is 80.9 Å². The molecule has 22 nitrogen and oxygen atoms in total. The number of likely N-dealkylation sites (tertiary alicyclic amines) is 1. The first-order valence-electron chi connectivity index (χ1n) is 29.2. The quantitative estimate of drug-likeness (QED) is 0.0250. The van der Waals surface area contributed by atoms with Crippen LogP contribution in [0.2, 0.25) is 0 Å². The van der Waals surface area contributed by atoms with E-state index in [9.17, 15) is 57.8 Å². The lowest BCUT2D eigenvalue weighted by Gasteiger charge is -2.35. The number of aromatic amines is 1. The first-order valence-corrected chi connectivity index (χ1v) is 31.7. The number of thiazole rings is 1. The van der Waals surface area contributed by atoms with E-state index in [2.05, 4.69) is 31.2 Å². The lowest BCUT2D eigenvalue weighted by atomic mass is 9.85.